The van der Waals surface area contributed by atoms with Crippen molar-refractivity contribution in [2.24, 2.45) is 5.41 Å². The lowest BCUT2D eigenvalue weighted by molar-refractivity contribution is 0.134. The number of anilines is 1. The topological polar surface area (TPSA) is 89.5 Å². The van der Waals surface area contributed by atoms with E-state index in [1.54, 1.807) is 4.40 Å². The predicted octanol–water partition coefficient (Wildman–Crippen LogP) is 5.44. The Balaban J connectivity index is 1.50. The Hall–Kier alpha value is -1.40. The molecule has 3 aliphatic rings. The minimum absolute atomic E-state index is 0.115. The maximum absolute atomic E-state index is 12.9. The molecule has 0 radical (unpaired) electrons. The maximum atomic E-state index is 12.9. The van der Waals surface area contributed by atoms with E-state index in [1.807, 2.05) is 6.20 Å². The van der Waals surface area contributed by atoms with Crippen molar-refractivity contribution >= 4 is 56.6 Å². The van der Waals surface area contributed by atoms with Gasteiger partial charge in [-0.2, -0.15) is 0 Å². The van der Waals surface area contributed by atoms with E-state index < -0.39 is 11.5 Å². The highest BCUT2D eigenvalue weighted by molar-refractivity contribution is 8.26. The van der Waals surface area contributed by atoms with Crippen LogP contribution in [0.15, 0.2) is 17.2 Å². The monoisotopic (exact) mass is 528 g/mol. The fraction of sp³-hybridized carbons (Fsp3) is 0.591. The molecule has 5 rings (SSSR count). The van der Waals surface area contributed by atoms with Crippen molar-refractivity contribution in [3.8, 4) is 0 Å². The van der Waals surface area contributed by atoms with Crippen LogP contribution in [0.5, 0.6) is 0 Å². The molecular weight excluding hydrogens is 502 g/mol. The van der Waals surface area contributed by atoms with Gasteiger partial charge < -0.3 is 9.64 Å². The molecule has 184 valence electrons. The lowest BCUT2D eigenvalue weighted by atomic mass is 9.78. The molecule has 1 spiro atoms. The summed E-state index contributed by atoms with van der Waals surface area (Å²) in [6.45, 7) is 5.53. The molecule has 1 aliphatic carbocycles. The molecule has 2 aromatic heterocycles. The van der Waals surface area contributed by atoms with Crippen molar-refractivity contribution in [2.45, 2.75) is 55.9 Å². The van der Waals surface area contributed by atoms with E-state index in [0.29, 0.717) is 17.3 Å². The molecule has 0 bridgehead atoms. The van der Waals surface area contributed by atoms with Crippen LogP contribution in [0.1, 0.15) is 44.9 Å². The summed E-state index contributed by atoms with van der Waals surface area (Å²) in [4.78, 5) is 7.59. The maximum Gasteiger partial charge on any atom is 0.285 e. The number of alkyl halides is 2. The van der Waals surface area contributed by atoms with Gasteiger partial charge in [0.05, 0.1) is 12.3 Å². The van der Waals surface area contributed by atoms with E-state index in [9.17, 15) is 8.78 Å². The standard InChI is InChI=1S/C22H27ClF2N6OS2/c1-21(2-3-21)29-34-13-10-14(30-7-4-22(5-8-30)6-9-32-12-22)15-16(23)28-20(31(15)11-13)19(27)33-18(26)17(24)25/h10-11,17,26-27,29H,2-9,12H2,1H3. The number of hydrogen-bond donors (Lipinski definition) is 3. The van der Waals surface area contributed by atoms with E-state index >= 15 is 0 Å². The number of aromatic nitrogens is 2. The van der Waals surface area contributed by atoms with Gasteiger partial charge in [0.15, 0.2) is 11.0 Å². The van der Waals surface area contributed by atoms with E-state index in [2.05, 4.69) is 27.6 Å². The number of rotatable bonds is 6. The molecule has 0 unspecified atom stereocenters. The molecule has 34 heavy (non-hydrogen) atoms. The first-order valence-electron chi connectivity index (χ1n) is 11.3. The van der Waals surface area contributed by atoms with Crippen LogP contribution >= 0.6 is 35.3 Å². The third kappa shape index (κ3) is 4.82. The second-order valence-corrected chi connectivity index (χ2v) is 11.9. The van der Waals surface area contributed by atoms with Gasteiger partial charge in [-0.25, -0.2) is 13.8 Å². The number of ether oxygens (including phenoxy) is 1. The van der Waals surface area contributed by atoms with Crippen LogP contribution in [-0.4, -0.2) is 57.7 Å². The van der Waals surface area contributed by atoms with Crippen molar-refractivity contribution in [2.75, 3.05) is 31.2 Å². The number of pyridine rings is 1. The van der Waals surface area contributed by atoms with E-state index in [1.165, 1.54) is 11.9 Å². The third-order valence-electron chi connectivity index (χ3n) is 7.02. The SMILES string of the molecule is CC1(NSc2cc(N3CCC4(CCOC4)CC3)c3c(Cl)nc(C(=N)SC(=N)C(F)F)n3c2)CC1. The molecule has 1 saturated carbocycles. The van der Waals surface area contributed by atoms with E-state index in [4.69, 9.17) is 27.2 Å². The van der Waals surface area contributed by atoms with Gasteiger partial charge in [0, 0.05) is 36.3 Å². The molecule has 3 N–H and O–H groups in total. The summed E-state index contributed by atoms with van der Waals surface area (Å²) in [5, 5.41) is 14.9. The highest BCUT2D eigenvalue weighted by atomic mass is 35.5. The number of nitrogens with zero attached hydrogens (tertiary/aromatic N) is 3. The Morgan fingerprint density at radius 3 is 2.59 bits per heavy atom. The number of thioether (sulfide) groups is 1. The van der Waals surface area contributed by atoms with Gasteiger partial charge in [-0.05, 0) is 74.2 Å². The summed E-state index contributed by atoms with van der Waals surface area (Å²) in [6, 6.07) is 2.09. The summed E-state index contributed by atoms with van der Waals surface area (Å²) in [7, 11) is 0. The second kappa shape index (κ2) is 9.24. The van der Waals surface area contributed by atoms with Gasteiger partial charge in [0.25, 0.3) is 6.43 Å². The zero-order valence-corrected chi connectivity index (χ0v) is 21.2. The fourth-order valence-corrected chi connectivity index (χ4v) is 6.23. The van der Waals surface area contributed by atoms with Crippen LogP contribution in [0.3, 0.4) is 0 Å². The Morgan fingerprint density at radius 1 is 1.24 bits per heavy atom. The summed E-state index contributed by atoms with van der Waals surface area (Å²) >= 11 is 8.49. The average Bonchev–Trinajstić information content (AvgIpc) is 3.22. The van der Waals surface area contributed by atoms with Crippen LogP contribution in [0.2, 0.25) is 5.15 Å². The lowest BCUT2D eigenvalue weighted by Gasteiger charge is -2.39. The molecule has 0 amide bonds. The average molecular weight is 529 g/mol. The molecule has 7 nitrogen and oxygen atoms in total. The molecule has 4 heterocycles. The highest BCUT2D eigenvalue weighted by Gasteiger charge is 2.39. The molecule has 3 fully saturated rings. The summed E-state index contributed by atoms with van der Waals surface area (Å²) in [6.07, 6.45) is 4.29. The lowest BCUT2D eigenvalue weighted by Crippen LogP contribution is -2.40. The summed E-state index contributed by atoms with van der Waals surface area (Å²) in [5.41, 5.74) is 1.95. The highest BCUT2D eigenvalue weighted by Crippen LogP contribution is 2.43. The Bertz CT molecular complexity index is 1120. The van der Waals surface area contributed by atoms with Crippen LogP contribution in [0.4, 0.5) is 14.5 Å². The Morgan fingerprint density at radius 2 is 1.97 bits per heavy atom. The molecule has 12 heteroatoms. The van der Waals surface area contributed by atoms with Crippen molar-refractivity contribution < 1.29 is 13.5 Å². The molecule has 0 atom stereocenters. The van der Waals surface area contributed by atoms with Crippen molar-refractivity contribution in [3.05, 3.63) is 23.2 Å². The van der Waals surface area contributed by atoms with Gasteiger partial charge in [-0.3, -0.25) is 19.9 Å². The van der Waals surface area contributed by atoms with Crippen LogP contribution in [-0.2, 0) is 4.74 Å². The quantitative estimate of drug-likeness (QED) is 0.263. The van der Waals surface area contributed by atoms with Crippen LogP contribution in [0.25, 0.3) is 5.52 Å². The molecular formula is C22H27ClF2N6OS2. The number of imidazole rings is 1. The number of hydrogen-bond acceptors (Lipinski definition) is 8. The molecule has 2 saturated heterocycles. The smallest absolute Gasteiger partial charge is 0.285 e. The van der Waals surface area contributed by atoms with Gasteiger partial charge in [-0.1, -0.05) is 11.6 Å². The normalized spacial score (nSPS) is 21.0. The minimum Gasteiger partial charge on any atom is -0.381 e. The first-order valence-corrected chi connectivity index (χ1v) is 13.3. The van der Waals surface area contributed by atoms with E-state index in [0.717, 1.165) is 69.0 Å². The molecule has 2 aliphatic heterocycles. The Labute approximate surface area is 210 Å². The summed E-state index contributed by atoms with van der Waals surface area (Å²) in [5.74, 6) is 0.161. The van der Waals surface area contributed by atoms with Crippen molar-refractivity contribution in [1.82, 2.24) is 14.1 Å². The number of halogens is 3. The first-order chi connectivity index (χ1) is 16.2. The number of fused-ring (bicyclic) bond motifs is 1. The number of nitrogens with one attached hydrogen (secondary N) is 3. The molecule has 2 aromatic rings. The van der Waals surface area contributed by atoms with Crippen LogP contribution < -0.4 is 9.62 Å². The molecule has 0 aromatic carbocycles. The fourth-order valence-electron chi connectivity index (χ4n) is 4.52. The predicted molar refractivity (Wildman–Crippen MR) is 134 cm³/mol. The van der Waals surface area contributed by atoms with Gasteiger partial charge in [-0.15, -0.1) is 0 Å². The zero-order valence-electron chi connectivity index (χ0n) is 18.8. The number of piperidine rings is 1. The van der Waals surface area contributed by atoms with Gasteiger partial charge in [0.1, 0.15) is 15.6 Å². The van der Waals surface area contributed by atoms with Crippen molar-refractivity contribution in [1.29, 1.82) is 10.8 Å². The zero-order chi connectivity index (χ0) is 24.1. The Kier molecular flexibility index (Phi) is 6.60. The largest absolute Gasteiger partial charge is 0.381 e. The van der Waals surface area contributed by atoms with Crippen molar-refractivity contribution in [3.63, 3.8) is 0 Å². The minimum atomic E-state index is -2.93. The van der Waals surface area contributed by atoms with Crippen LogP contribution in [0, 0.1) is 16.2 Å². The third-order valence-corrected chi connectivity index (χ3v) is 9.13. The first kappa shape index (κ1) is 24.3. The van der Waals surface area contributed by atoms with E-state index in [-0.39, 0.29) is 27.0 Å². The van der Waals surface area contributed by atoms with Gasteiger partial charge >= 0.3 is 0 Å². The van der Waals surface area contributed by atoms with Gasteiger partial charge in [0.2, 0.25) is 0 Å². The second-order valence-electron chi connectivity index (χ2n) is 9.66. The summed E-state index contributed by atoms with van der Waals surface area (Å²) < 4.78 is 36.7.